The van der Waals surface area contributed by atoms with E-state index >= 15 is 0 Å². The number of aromatic nitrogens is 5. The number of rotatable bonds is 6. The molecular formula is C24H25N7O2. The van der Waals surface area contributed by atoms with E-state index in [0.29, 0.717) is 25.9 Å². The maximum Gasteiger partial charge on any atom is 0.246 e. The summed E-state index contributed by atoms with van der Waals surface area (Å²) in [6, 6.07) is 7.53. The van der Waals surface area contributed by atoms with Gasteiger partial charge in [-0.15, -0.1) is 0 Å². The van der Waals surface area contributed by atoms with Crippen molar-refractivity contribution in [1.82, 2.24) is 35.0 Å². The van der Waals surface area contributed by atoms with Crippen LogP contribution in [0.5, 0.6) is 0 Å². The first-order valence-electron chi connectivity index (χ1n) is 11.1. The van der Waals surface area contributed by atoms with Gasteiger partial charge in [-0.2, -0.15) is 14.8 Å². The average Bonchev–Trinajstić information content (AvgIpc) is 3.56. The number of aromatic amines is 1. The van der Waals surface area contributed by atoms with E-state index in [2.05, 4.69) is 31.5 Å². The molecule has 9 heteroatoms. The Hall–Kier alpha value is -4.01. The highest BCUT2D eigenvalue weighted by Gasteiger charge is 2.32. The van der Waals surface area contributed by atoms with E-state index in [1.54, 1.807) is 34.9 Å². The van der Waals surface area contributed by atoms with Crippen molar-refractivity contribution in [3.8, 4) is 11.1 Å². The molecule has 4 aromatic heterocycles. The van der Waals surface area contributed by atoms with E-state index in [1.165, 1.54) is 6.08 Å². The Bertz CT molecular complexity index is 1350. The van der Waals surface area contributed by atoms with Gasteiger partial charge in [-0.1, -0.05) is 6.08 Å². The van der Waals surface area contributed by atoms with Gasteiger partial charge in [0.15, 0.2) is 0 Å². The first kappa shape index (κ1) is 20.9. The maximum atomic E-state index is 12.7. The topological polar surface area (TPSA) is 108 Å². The van der Waals surface area contributed by atoms with Gasteiger partial charge in [-0.05, 0) is 55.7 Å². The van der Waals surface area contributed by atoms with Crippen molar-refractivity contribution in [2.45, 2.75) is 32.2 Å². The maximum absolute atomic E-state index is 12.7. The van der Waals surface area contributed by atoms with Crippen molar-refractivity contribution in [1.29, 1.82) is 0 Å². The molecule has 2 N–H and O–H groups in total. The molecule has 1 aliphatic heterocycles. The number of nitrogens with zero attached hydrogens (tertiary/aromatic N) is 5. The third-order valence-electron chi connectivity index (χ3n) is 6.02. The first-order valence-corrected chi connectivity index (χ1v) is 11.1. The monoisotopic (exact) mass is 443 g/mol. The molecular weight excluding hydrogens is 418 g/mol. The number of likely N-dealkylation sites (tertiary alicyclic amines) is 1. The second-order valence-electron chi connectivity index (χ2n) is 8.10. The number of carbonyl (C=O) groups is 2. The van der Waals surface area contributed by atoms with Crippen LogP contribution in [0.3, 0.4) is 0 Å². The predicted molar refractivity (Wildman–Crippen MR) is 124 cm³/mol. The van der Waals surface area contributed by atoms with Crippen LogP contribution in [0.25, 0.3) is 27.7 Å². The number of hydrogen-bond donors (Lipinski definition) is 2. The van der Waals surface area contributed by atoms with Crippen LogP contribution in [-0.2, 0) is 16.0 Å². The lowest BCUT2D eigenvalue weighted by atomic mass is 10.1. The Balaban J connectivity index is 1.29. The van der Waals surface area contributed by atoms with Crippen LogP contribution in [0.4, 0.5) is 0 Å². The molecule has 0 bridgehead atoms. The first-order chi connectivity index (χ1) is 16.2. The Morgan fingerprint density at radius 1 is 1.24 bits per heavy atom. The zero-order valence-corrected chi connectivity index (χ0v) is 18.4. The number of pyridine rings is 1. The van der Waals surface area contributed by atoms with Crippen LogP contribution in [0, 0.1) is 0 Å². The Kier molecular flexibility index (Phi) is 5.60. The van der Waals surface area contributed by atoms with Crippen LogP contribution in [-0.4, -0.2) is 60.6 Å². The number of H-pyrrole nitrogens is 1. The van der Waals surface area contributed by atoms with E-state index < -0.39 is 6.04 Å². The van der Waals surface area contributed by atoms with Gasteiger partial charge in [0.25, 0.3) is 0 Å². The van der Waals surface area contributed by atoms with Crippen LogP contribution < -0.4 is 5.32 Å². The van der Waals surface area contributed by atoms with Crippen molar-refractivity contribution in [3.05, 3.63) is 60.7 Å². The average molecular weight is 444 g/mol. The van der Waals surface area contributed by atoms with Crippen molar-refractivity contribution >= 4 is 28.4 Å². The standard InChI is InChI=1S/C24H25N7O2/c1-2-5-22(32)30-13-4-7-21(30)24(33)26-11-8-16-14-18-17(9-12-25-23(18)29-16)19-15-28-31-20(19)6-3-10-27-31/h2-3,5-6,9-10,12,14-15,21H,4,7-8,11,13H2,1H3,(H,25,29)(H,26,33)/b5-2+. The lowest BCUT2D eigenvalue weighted by Gasteiger charge is -2.22. The Labute approximate surface area is 190 Å². The molecule has 5 rings (SSSR count). The molecule has 33 heavy (non-hydrogen) atoms. The van der Waals surface area contributed by atoms with Crippen molar-refractivity contribution in [3.63, 3.8) is 0 Å². The van der Waals surface area contributed by atoms with E-state index in [4.69, 9.17) is 0 Å². The zero-order valence-electron chi connectivity index (χ0n) is 18.4. The highest BCUT2D eigenvalue weighted by atomic mass is 16.2. The van der Waals surface area contributed by atoms with E-state index in [1.807, 2.05) is 24.4 Å². The highest BCUT2D eigenvalue weighted by molar-refractivity contribution is 5.97. The lowest BCUT2D eigenvalue weighted by molar-refractivity contribution is -0.135. The SMILES string of the molecule is C/C=C/C(=O)N1CCCC1C(=O)NCCc1cc2c(-c3cnn4ncccc34)ccnc2[nH]1. The zero-order chi connectivity index (χ0) is 22.8. The number of carbonyl (C=O) groups excluding carboxylic acids is 2. The lowest BCUT2D eigenvalue weighted by Crippen LogP contribution is -2.45. The summed E-state index contributed by atoms with van der Waals surface area (Å²) < 4.78 is 1.61. The molecule has 0 saturated carbocycles. The predicted octanol–water partition coefficient (Wildman–Crippen LogP) is 2.50. The van der Waals surface area contributed by atoms with Gasteiger partial charge in [0, 0.05) is 48.5 Å². The number of hydrogen-bond acceptors (Lipinski definition) is 5. The fraction of sp³-hybridized carbons (Fsp3) is 0.292. The summed E-state index contributed by atoms with van der Waals surface area (Å²) in [5.74, 6) is -0.202. The number of nitrogens with one attached hydrogen (secondary N) is 2. The van der Waals surface area contributed by atoms with Gasteiger partial charge in [0.1, 0.15) is 11.7 Å². The van der Waals surface area contributed by atoms with Gasteiger partial charge in [0.05, 0.1) is 11.7 Å². The fourth-order valence-electron chi connectivity index (χ4n) is 4.47. The minimum atomic E-state index is -0.395. The molecule has 1 unspecified atom stereocenters. The highest BCUT2D eigenvalue weighted by Crippen LogP contribution is 2.30. The molecule has 1 fully saturated rings. The number of fused-ring (bicyclic) bond motifs is 2. The van der Waals surface area contributed by atoms with Crippen LogP contribution >= 0.6 is 0 Å². The molecule has 0 aliphatic carbocycles. The molecule has 0 aromatic carbocycles. The van der Waals surface area contributed by atoms with Gasteiger partial charge < -0.3 is 15.2 Å². The van der Waals surface area contributed by atoms with Gasteiger partial charge in [-0.25, -0.2) is 4.98 Å². The molecule has 1 aliphatic rings. The fourth-order valence-corrected chi connectivity index (χ4v) is 4.47. The number of allylic oxidation sites excluding steroid dienone is 1. The summed E-state index contributed by atoms with van der Waals surface area (Å²) in [6.45, 7) is 2.90. The quantitative estimate of drug-likeness (QED) is 0.445. The molecule has 1 atom stereocenters. The molecule has 2 amide bonds. The minimum Gasteiger partial charge on any atom is -0.354 e. The Morgan fingerprint density at radius 2 is 2.15 bits per heavy atom. The molecule has 168 valence electrons. The normalized spacial score (nSPS) is 16.3. The minimum absolute atomic E-state index is 0.0980. The van der Waals surface area contributed by atoms with Gasteiger partial charge in [-0.3, -0.25) is 9.59 Å². The van der Waals surface area contributed by atoms with E-state index in [-0.39, 0.29) is 11.8 Å². The molecule has 0 radical (unpaired) electrons. The Morgan fingerprint density at radius 3 is 3.03 bits per heavy atom. The van der Waals surface area contributed by atoms with Crippen molar-refractivity contribution in [2.75, 3.05) is 13.1 Å². The smallest absolute Gasteiger partial charge is 0.246 e. The summed E-state index contributed by atoms with van der Waals surface area (Å²) in [7, 11) is 0. The second kappa shape index (κ2) is 8.85. The summed E-state index contributed by atoms with van der Waals surface area (Å²) in [6.07, 6.45) is 10.7. The number of amides is 2. The second-order valence-corrected chi connectivity index (χ2v) is 8.10. The van der Waals surface area contributed by atoms with Crippen molar-refractivity contribution < 1.29 is 9.59 Å². The van der Waals surface area contributed by atoms with Gasteiger partial charge in [0.2, 0.25) is 11.8 Å². The van der Waals surface area contributed by atoms with Crippen LogP contribution in [0.1, 0.15) is 25.5 Å². The van der Waals surface area contributed by atoms with E-state index in [9.17, 15) is 9.59 Å². The molecule has 0 spiro atoms. The molecule has 9 nitrogen and oxygen atoms in total. The summed E-state index contributed by atoms with van der Waals surface area (Å²) in [5, 5.41) is 12.6. The molecule has 5 heterocycles. The molecule has 1 saturated heterocycles. The summed E-state index contributed by atoms with van der Waals surface area (Å²) in [4.78, 5) is 34.4. The third-order valence-corrected chi connectivity index (χ3v) is 6.02. The van der Waals surface area contributed by atoms with Crippen molar-refractivity contribution in [2.24, 2.45) is 0 Å². The van der Waals surface area contributed by atoms with Crippen LogP contribution in [0.15, 0.2) is 55.0 Å². The van der Waals surface area contributed by atoms with Crippen LogP contribution in [0.2, 0.25) is 0 Å². The summed E-state index contributed by atoms with van der Waals surface area (Å²) in [5.41, 5.74) is 4.71. The third kappa shape index (κ3) is 3.97. The summed E-state index contributed by atoms with van der Waals surface area (Å²) >= 11 is 0. The largest absolute Gasteiger partial charge is 0.354 e. The molecule has 4 aromatic rings. The van der Waals surface area contributed by atoms with Gasteiger partial charge >= 0.3 is 0 Å². The van der Waals surface area contributed by atoms with E-state index in [0.717, 1.165) is 39.8 Å².